The first-order chi connectivity index (χ1) is 12.7. The van der Waals surface area contributed by atoms with Crippen LogP contribution < -0.4 is 14.8 Å². The van der Waals surface area contributed by atoms with E-state index in [0.29, 0.717) is 13.2 Å². The fraction of sp³-hybridized carbons (Fsp3) is 0.409. The molecule has 0 fully saturated rings. The molecule has 4 nitrogen and oxygen atoms in total. The highest BCUT2D eigenvalue weighted by atomic mass is 16.5. The number of ether oxygens (including phenoxy) is 2. The maximum Gasteiger partial charge on any atom is 0.261 e. The van der Waals surface area contributed by atoms with Gasteiger partial charge in [-0.1, -0.05) is 18.2 Å². The van der Waals surface area contributed by atoms with Crippen LogP contribution in [-0.2, 0) is 24.2 Å². The Labute approximate surface area is 155 Å². The summed E-state index contributed by atoms with van der Waals surface area (Å²) in [5.74, 6) is 1.47. The van der Waals surface area contributed by atoms with E-state index in [1.165, 1.54) is 24.0 Å². The molecule has 0 aromatic heterocycles. The van der Waals surface area contributed by atoms with Crippen LogP contribution in [0.25, 0.3) is 0 Å². The molecule has 3 rings (SSSR count). The summed E-state index contributed by atoms with van der Waals surface area (Å²) in [5.41, 5.74) is 3.77. The zero-order valence-corrected chi connectivity index (χ0v) is 15.6. The van der Waals surface area contributed by atoms with Crippen LogP contribution in [-0.4, -0.2) is 18.6 Å². The van der Waals surface area contributed by atoms with Crippen molar-refractivity contribution in [3.05, 3.63) is 59.2 Å². The summed E-state index contributed by atoms with van der Waals surface area (Å²) in [6.45, 7) is 4.82. The van der Waals surface area contributed by atoms with Crippen molar-refractivity contribution in [2.24, 2.45) is 0 Å². The second-order valence-corrected chi connectivity index (χ2v) is 6.70. The van der Waals surface area contributed by atoms with Crippen molar-refractivity contribution < 1.29 is 14.3 Å². The molecule has 0 radical (unpaired) electrons. The van der Waals surface area contributed by atoms with E-state index >= 15 is 0 Å². The van der Waals surface area contributed by atoms with Gasteiger partial charge in [0, 0.05) is 6.54 Å². The van der Waals surface area contributed by atoms with E-state index in [-0.39, 0.29) is 5.91 Å². The second kappa shape index (κ2) is 8.75. The highest BCUT2D eigenvalue weighted by molar-refractivity contribution is 5.80. The molecule has 0 unspecified atom stereocenters. The molecule has 1 atom stereocenters. The van der Waals surface area contributed by atoms with E-state index in [9.17, 15) is 4.79 Å². The summed E-state index contributed by atoms with van der Waals surface area (Å²) in [5, 5.41) is 2.93. The zero-order chi connectivity index (χ0) is 18.4. The molecule has 2 aromatic rings. The summed E-state index contributed by atoms with van der Waals surface area (Å²) >= 11 is 0. The summed E-state index contributed by atoms with van der Waals surface area (Å²) in [6, 6.07) is 13.9. The number of aryl methyl sites for hydroxylation is 2. The van der Waals surface area contributed by atoms with Gasteiger partial charge < -0.3 is 14.8 Å². The first kappa shape index (κ1) is 18.3. The second-order valence-electron chi connectivity index (χ2n) is 6.70. The standard InChI is InChI=1S/C22H27NO3/c1-3-25-20-10-6-7-17(13-20)15-23-22(24)16(2)26-21-12-11-18-8-4-5-9-19(18)14-21/h6-7,10-14,16H,3-5,8-9,15H2,1-2H3,(H,23,24)/t16-/m1/s1. The Morgan fingerprint density at radius 2 is 1.88 bits per heavy atom. The number of hydrogen-bond donors (Lipinski definition) is 1. The topological polar surface area (TPSA) is 47.6 Å². The van der Waals surface area contributed by atoms with Crippen LogP contribution >= 0.6 is 0 Å². The van der Waals surface area contributed by atoms with Gasteiger partial charge in [0.05, 0.1) is 6.61 Å². The van der Waals surface area contributed by atoms with Gasteiger partial charge in [-0.25, -0.2) is 0 Å². The van der Waals surface area contributed by atoms with E-state index in [1.54, 1.807) is 6.92 Å². The lowest BCUT2D eigenvalue weighted by Crippen LogP contribution is -2.35. The number of nitrogens with one attached hydrogen (secondary N) is 1. The van der Waals surface area contributed by atoms with E-state index in [4.69, 9.17) is 9.47 Å². The normalized spacial score (nSPS) is 14.2. The zero-order valence-electron chi connectivity index (χ0n) is 15.6. The van der Waals surface area contributed by atoms with Gasteiger partial charge in [0.2, 0.25) is 0 Å². The molecule has 4 heteroatoms. The maximum atomic E-state index is 12.4. The highest BCUT2D eigenvalue weighted by Crippen LogP contribution is 2.25. The average molecular weight is 353 g/mol. The number of carbonyl (C=O) groups excluding carboxylic acids is 1. The quantitative estimate of drug-likeness (QED) is 0.817. The Morgan fingerprint density at radius 1 is 1.08 bits per heavy atom. The molecular formula is C22H27NO3. The Balaban J connectivity index is 1.54. The van der Waals surface area contributed by atoms with Crippen molar-refractivity contribution in [2.45, 2.75) is 52.2 Å². The summed E-state index contributed by atoms with van der Waals surface area (Å²) in [6.07, 6.45) is 4.20. The molecule has 26 heavy (non-hydrogen) atoms. The predicted octanol–water partition coefficient (Wildman–Crippen LogP) is 4.05. The monoisotopic (exact) mass is 353 g/mol. The maximum absolute atomic E-state index is 12.4. The molecule has 0 saturated carbocycles. The van der Waals surface area contributed by atoms with Crippen LogP contribution in [0.4, 0.5) is 0 Å². The molecule has 1 aliphatic rings. The average Bonchev–Trinajstić information content (AvgIpc) is 2.66. The third-order valence-electron chi connectivity index (χ3n) is 4.68. The van der Waals surface area contributed by atoms with E-state index in [2.05, 4.69) is 17.4 Å². The summed E-state index contributed by atoms with van der Waals surface area (Å²) < 4.78 is 11.3. The lowest BCUT2D eigenvalue weighted by molar-refractivity contribution is -0.127. The third-order valence-corrected chi connectivity index (χ3v) is 4.68. The number of benzene rings is 2. The molecule has 2 aromatic carbocycles. The van der Waals surface area contributed by atoms with Crippen LogP contribution in [0.3, 0.4) is 0 Å². The fourth-order valence-corrected chi connectivity index (χ4v) is 3.29. The van der Waals surface area contributed by atoms with Crippen LogP contribution in [0.2, 0.25) is 0 Å². The van der Waals surface area contributed by atoms with E-state index in [0.717, 1.165) is 29.9 Å². The van der Waals surface area contributed by atoms with Crippen molar-refractivity contribution >= 4 is 5.91 Å². The minimum absolute atomic E-state index is 0.121. The molecule has 0 bridgehead atoms. The number of fused-ring (bicyclic) bond motifs is 1. The van der Waals surface area contributed by atoms with Crippen molar-refractivity contribution in [3.63, 3.8) is 0 Å². The largest absolute Gasteiger partial charge is 0.494 e. The summed E-state index contributed by atoms with van der Waals surface area (Å²) in [7, 11) is 0. The minimum atomic E-state index is -0.535. The Morgan fingerprint density at radius 3 is 2.69 bits per heavy atom. The molecule has 1 N–H and O–H groups in total. The number of rotatable bonds is 7. The number of hydrogen-bond acceptors (Lipinski definition) is 3. The molecule has 1 aliphatic carbocycles. The van der Waals surface area contributed by atoms with Gasteiger partial charge in [-0.05, 0) is 80.5 Å². The first-order valence-electron chi connectivity index (χ1n) is 9.43. The molecular weight excluding hydrogens is 326 g/mol. The first-order valence-corrected chi connectivity index (χ1v) is 9.43. The molecule has 0 spiro atoms. The Bertz CT molecular complexity index is 757. The van der Waals surface area contributed by atoms with Gasteiger partial charge in [0.1, 0.15) is 11.5 Å². The van der Waals surface area contributed by atoms with Crippen molar-refractivity contribution in [1.29, 1.82) is 0 Å². The van der Waals surface area contributed by atoms with E-state index in [1.807, 2.05) is 37.3 Å². The Hall–Kier alpha value is -2.49. The number of amides is 1. The van der Waals surface area contributed by atoms with Crippen molar-refractivity contribution in [1.82, 2.24) is 5.32 Å². The van der Waals surface area contributed by atoms with Crippen LogP contribution in [0.15, 0.2) is 42.5 Å². The van der Waals surface area contributed by atoms with E-state index < -0.39 is 6.10 Å². The van der Waals surface area contributed by atoms with Gasteiger partial charge in [0.25, 0.3) is 5.91 Å². The van der Waals surface area contributed by atoms with Gasteiger partial charge in [-0.3, -0.25) is 4.79 Å². The molecule has 0 aliphatic heterocycles. The molecule has 0 saturated heterocycles. The van der Waals surface area contributed by atoms with Gasteiger partial charge in [-0.15, -0.1) is 0 Å². The fourth-order valence-electron chi connectivity index (χ4n) is 3.29. The lowest BCUT2D eigenvalue weighted by atomic mass is 9.92. The van der Waals surface area contributed by atoms with Gasteiger partial charge in [-0.2, -0.15) is 0 Å². The lowest BCUT2D eigenvalue weighted by Gasteiger charge is -2.19. The van der Waals surface area contributed by atoms with Crippen molar-refractivity contribution in [3.8, 4) is 11.5 Å². The minimum Gasteiger partial charge on any atom is -0.494 e. The van der Waals surface area contributed by atoms with Gasteiger partial charge in [0.15, 0.2) is 6.10 Å². The van der Waals surface area contributed by atoms with Crippen LogP contribution in [0, 0.1) is 0 Å². The Kier molecular flexibility index (Phi) is 6.16. The molecule has 0 heterocycles. The summed E-state index contributed by atoms with van der Waals surface area (Å²) in [4.78, 5) is 12.4. The molecule has 1 amide bonds. The smallest absolute Gasteiger partial charge is 0.261 e. The third kappa shape index (κ3) is 4.78. The number of carbonyl (C=O) groups is 1. The van der Waals surface area contributed by atoms with Crippen LogP contribution in [0.5, 0.6) is 11.5 Å². The molecule has 138 valence electrons. The highest BCUT2D eigenvalue weighted by Gasteiger charge is 2.16. The van der Waals surface area contributed by atoms with Crippen LogP contribution in [0.1, 0.15) is 43.4 Å². The van der Waals surface area contributed by atoms with Gasteiger partial charge >= 0.3 is 0 Å². The van der Waals surface area contributed by atoms with Crippen molar-refractivity contribution in [2.75, 3.05) is 6.61 Å². The SMILES string of the molecule is CCOc1cccc(CNC(=O)[C@@H](C)Oc2ccc3c(c2)CCCC3)c1. The predicted molar refractivity (Wildman–Crippen MR) is 103 cm³/mol.